The van der Waals surface area contributed by atoms with Gasteiger partial charge in [-0.25, -0.2) is 4.79 Å². The second kappa shape index (κ2) is 9.04. The van der Waals surface area contributed by atoms with Gasteiger partial charge in [-0.05, 0) is 44.6 Å². The van der Waals surface area contributed by atoms with Crippen LogP contribution in [0.5, 0.6) is 5.75 Å². The zero-order valence-electron chi connectivity index (χ0n) is 18.9. The highest BCUT2D eigenvalue weighted by Crippen LogP contribution is 2.46. The first-order chi connectivity index (χ1) is 15.5. The SMILES string of the molecule is CCN(CC)CCCC(=O)Nc1c2c(C)cc(=O)oc2c(OC)c2oc3ccccc3c12. The number of anilines is 1. The highest BCUT2D eigenvalue weighted by molar-refractivity contribution is 6.24. The number of furan rings is 1. The minimum absolute atomic E-state index is 0.0965. The number of methoxy groups -OCH3 is 1. The summed E-state index contributed by atoms with van der Waals surface area (Å²) in [5.41, 5.74) is 2.15. The number of hydrogen-bond acceptors (Lipinski definition) is 6. The Bertz CT molecular complexity index is 1350. The first-order valence-corrected chi connectivity index (χ1v) is 11.0. The van der Waals surface area contributed by atoms with Gasteiger partial charge in [0.25, 0.3) is 0 Å². The van der Waals surface area contributed by atoms with Crippen molar-refractivity contribution in [1.82, 2.24) is 4.90 Å². The van der Waals surface area contributed by atoms with E-state index in [1.165, 1.54) is 13.2 Å². The van der Waals surface area contributed by atoms with Crippen molar-refractivity contribution in [3.8, 4) is 5.75 Å². The summed E-state index contributed by atoms with van der Waals surface area (Å²) in [6.45, 7) is 8.83. The van der Waals surface area contributed by atoms with E-state index in [1.807, 2.05) is 31.2 Å². The van der Waals surface area contributed by atoms with Gasteiger partial charge in [0.05, 0.1) is 18.2 Å². The van der Waals surface area contributed by atoms with Gasteiger partial charge in [0.2, 0.25) is 11.7 Å². The van der Waals surface area contributed by atoms with E-state index in [1.54, 1.807) is 0 Å². The van der Waals surface area contributed by atoms with Crippen LogP contribution in [0.3, 0.4) is 0 Å². The molecule has 7 nitrogen and oxygen atoms in total. The van der Waals surface area contributed by atoms with Crippen LogP contribution in [0.1, 0.15) is 32.3 Å². The number of benzene rings is 2. The molecule has 168 valence electrons. The summed E-state index contributed by atoms with van der Waals surface area (Å²) < 4.78 is 17.2. The average molecular weight is 437 g/mol. The van der Waals surface area contributed by atoms with Crippen molar-refractivity contribution < 1.29 is 18.4 Å². The van der Waals surface area contributed by atoms with Crippen molar-refractivity contribution in [3.05, 3.63) is 46.3 Å². The third-order valence-electron chi connectivity index (χ3n) is 5.91. The third kappa shape index (κ3) is 3.84. The predicted octanol–water partition coefficient (Wildman–Crippen LogP) is 5.07. The quantitative estimate of drug-likeness (QED) is 0.388. The summed E-state index contributed by atoms with van der Waals surface area (Å²) in [7, 11) is 1.51. The Kier molecular flexibility index (Phi) is 6.19. The van der Waals surface area contributed by atoms with Crippen molar-refractivity contribution in [2.24, 2.45) is 0 Å². The van der Waals surface area contributed by atoms with Crippen molar-refractivity contribution in [3.63, 3.8) is 0 Å². The van der Waals surface area contributed by atoms with Gasteiger partial charge in [-0.2, -0.15) is 0 Å². The Morgan fingerprint density at radius 3 is 2.53 bits per heavy atom. The summed E-state index contributed by atoms with van der Waals surface area (Å²) in [5, 5.41) is 5.32. The molecule has 0 fully saturated rings. The smallest absolute Gasteiger partial charge is 0.336 e. The van der Waals surface area contributed by atoms with Gasteiger partial charge in [0.15, 0.2) is 11.2 Å². The normalized spacial score (nSPS) is 11.7. The van der Waals surface area contributed by atoms with E-state index in [-0.39, 0.29) is 11.5 Å². The lowest BCUT2D eigenvalue weighted by Gasteiger charge is -2.18. The zero-order valence-corrected chi connectivity index (χ0v) is 18.9. The fraction of sp³-hybridized carbons (Fsp3) is 0.360. The number of amides is 1. The van der Waals surface area contributed by atoms with E-state index in [0.717, 1.165) is 36.8 Å². The molecular weight excluding hydrogens is 408 g/mol. The van der Waals surface area contributed by atoms with E-state index in [4.69, 9.17) is 13.6 Å². The number of nitrogens with zero attached hydrogens (tertiary/aromatic N) is 1. The number of rotatable bonds is 8. The number of para-hydroxylation sites is 1. The van der Waals surface area contributed by atoms with Crippen molar-refractivity contribution >= 4 is 44.5 Å². The van der Waals surface area contributed by atoms with Gasteiger partial charge >= 0.3 is 5.63 Å². The molecule has 2 aromatic carbocycles. The van der Waals surface area contributed by atoms with Gasteiger partial charge in [-0.15, -0.1) is 0 Å². The zero-order chi connectivity index (χ0) is 22.8. The molecule has 32 heavy (non-hydrogen) atoms. The maximum absolute atomic E-state index is 13.0. The number of carbonyl (C=O) groups is 1. The summed E-state index contributed by atoms with van der Waals surface area (Å²) in [6, 6.07) is 9.02. The Hall–Kier alpha value is -3.32. The van der Waals surface area contributed by atoms with E-state index in [9.17, 15) is 9.59 Å². The maximum Gasteiger partial charge on any atom is 0.336 e. The first-order valence-electron chi connectivity index (χ1n) is 11.0. The summed E-state index contributed by atoms with van der Waals surface area (Å²) in [5.74, 6) is 0.243. The van der Waals surface area contributed by atoms with E-state index < -0.39 is 5.63 Å². The molecule has 0 aliphatic carbocycles. The Morgan fingerprint density at radius 1 is 1.09 bits per heavy atom. The largest absolute Gasteiger partial charge is 0.490 e. The van der Waals surface area contributed by atoms with Crippen molar-refractivity contribution in [2.45, 2.75) is 33.6 Å². The molecule has 0 bridgehead atoms. The fourth-order valence-electron chi connectivity index (χ4n) is 4.28. The molecule has 0 unspecified atom stereocenters. The lowest BCUT2D eigenvalue weighted by Crippen LogP contribution is -2.25. The lowest BCUT2D eigenvalue weighted by molar-refractivity contribution is -0.116. The molecule has 2 heterocycles. The lowest BCUT2D eigenvalue weighted by atomic mass is 10.0. The second-order valence-corrected chi connectivity index (χ2v) is 7.84. The standard InChI is InChI=1S/C25H28N2O5/c1-5-27(6-2)13-9-12-18(28)26-22-20-15(3)14-19(29)32-23(20)25(30-4)24-21(22)16-10-7-8-11-17(16)31-24/h7-8,10-11,14H,5-6,9,12-13H2,1-4H3,(H,26,28). The molecule has 0 atom stereocenters. The van der Waals surface area contributed by atoms with Gasteiger partial charge in [0, 0.05) is 23.3 Å². The summed E-state index contributed by atoms with van der Waals surface area (Å²) >= 11 is 0. The van der Waals surface area contributed by atoms with Crippen molar-refractivity contribution in [1.29, 1.82) is 0 Å². The monoisotopic (exact) mass is 436 g/mol. The molecule has 0 saturated carbocycles. The molecule has 1 N–H and O–H groups in total. The van der Waals surface area contributed by atoms with Crippen LogP contribution in [0, 0.1) is 6.92 Å². The van der Waals surface area contributed by atoms with E-state index in [2.05, 4.69) is 24.1 Å². The summed E-state index contributed by atoms with van der Waals surface area (Å²) in [4.78, 5) is 27.4. The van der Waals surface area contributed by atoms with E-state index >= 15 is 0 Å². The third-order valence-corrected chi connectivity index (χ3v) is 5.91. The van der Waals surface area contributed by atoms with E-state index in [0.29, 0.717) is 40.0 Å². The molecule has 1 amide bonds. The van der Waals surface area contributed by atoms with Gasteiger partial charge < -0.3 is 23.8 Å². The Labute approximate surface area is 185 Å². The molecule has 7 heteroatoms. The molecule has 0 aliphatic rings. The molecular formula is C25H28N2O5. The molecule has 4 aromatic rings. The molecule has 0 radical (unpaired) electrons. The first kappa shape index (κ1) is 21.9. The fourth-order valence-corrected chi connectivity index (χ4v) is 4.28. The predicted molar refractivity (Wildman–Crippen MR) is 127 cm³/mol. The van der Waals surface area contributed by atoms with Crippen LogP contribution in [-0.2, 0) is 4.79 Å². The van der Waals surface area contributed by atoms with Gasteiger partial charge in [-0.3, -0.25) is 4.79 Å². The van der Waals surface area contributed by atoms with Crippen LogP contribution in [0.15, 0.2) is 44.0 Å². The van der Waals surface area contributed by atoms with Crippen LogP contribution in [-0.4, -0.2) is 37.6 Å². The Morgan fingerprint density at radius 2 is 1.81 bits per heavy atom. The molecule has 0 saturated heterocycles. The molecule has 2 aromatic heterocycles. The number of ether oxygens (including phenoxy) is 1. The van der Waals surface area contributed by atoms with Gasteiger partial charge in [0.1, 0.15) is 5.58 Å². The average Bonchev–Trinajstić information content (AvgIpc) is 3.15. The molecule has 4 rings (SSSR count). The highest BCUT2D eigenvalue weighted by Gasteiger charge is 2.25. The minimum atomic E-state index is -0.486. The maximum atomic E-state index is 13.0. The molecule has 0 spiro atoms. The van der Waals surface area contributed by atoms with Crippen LogP contribution in [0.2, 0.25) is 0 Å². The second-order valence-electron chi connectivity index (χ2n) is 7.84. The number of carbonyl (C=O) groups excluding carboxylic acids is 1. The molecule has 0 aliphatic heterocycles. The topological polar surface area (TPSA) is 84.9 Å². The van der Waals surface area contributed by atoms with Gasteiger partial charge in [-0.1, -0.05) is 32.0 Å². The number of aryl methyl sites for hydroxylation is 1. The number of nitrogens with one attached hydrogen (secondary N) is 1. The number of hydrogen-bond donors (Lipinski definition) is 1. The highest BCUT2D eigenvalue weighted by atomic mass is 16.5. The van der Waals surface area contributed by atoms with Crippen LogP contribution in [0.4, 0.5) is 5.69 Å². The van der Waals surface area contributed by atoms with Crippen molar-refractivity contribution in [2.75, 3.05) is 32.1 Å². The van der Waals surface area contributed by atoms with Crippen LogP contribution >= 0.6 is 0 Å². The minimum Gasteiger partial charge on any atom is -0.490 e. The summed E-state index contributed by atoms with van der Waals surface area (Å²) in [6.07, 6.45) is 1.14. The number of fused-ring (bicyclic) bond motifs is 4. The van der Waals surface area contributed by atoms with Crippen LogP contribution < -0.4 is 15.7 Å². The Balaban J connectivity index is 1.87. The van der Waals surface area contributed by atoms with Crippen LogP contribution in [0.25, 0.3) is 32.9 Å².